The number of nitrogens with zero attached hydrogens (tertiary/aromatic N) is 1. The molecule has 2 aliphatic carbocycles. The Hall–Kier alpha value is -6.90. The number of carbonyl (C=O) groups excluding carboxylic acids is 3. The van der Waals surface area contributed by atoms with E-state index in [9.17, 15) is 14.4 Å². The summed E-state index contributed by atoms with van der Waals surface area (Å²) in [6.45, 7) is 2.41. The van der Waals surface area contributed by atoms with Crippen molar-refractivity contribution in [2.24, 2.45) is 10.7 Å². The van der Waals surface area contributed by atoms with Crippen molar-refractivity contribution >= 4 is 40.9 Å². The topological polar surface area (TPSA) is 123 Å². The highest BCUT2D eigenvalue weighted by Gasteiger charge is 2.43. The average molecular weight is 779 g/mol. The van der Waals surface area contributed by atoms with Crippen LogP contribution in [0.2, 0.25) is 0 Å². The van der Waals surface area contributed by atoms with Crippen molar-refractivity contribution in [2.45, 2.75) is 50.5 Å². The molecule has 2 atom stereocenters. The number of rotatable bonds is 7. The summed E-state index contributed by atoms with van der Waals surface area (Å²) in [5.74, 6) is -0.852. The Bertz CT molecular complexity index is 2610. The number of fused-ring (bicyclic) bond motifs is 6. The maximum Gasteiger partial charge on any atom is 0.316 e. The van der Waals surface area contributed by atoms with Gasteiger partial charge in [-0.3, -0.25) is 19.4 Å². The number of carbonyl (C=O) groups is 3. The number of hydrogen-bond donors (Lipinski definition) is 3. The zero-order chi connectivity index (χ0) is 40.9. The lowest BCUT2D eigenvalue weighted by Crippen LogP contribution is -2.38. The van der Waals surface area contributed by atoms with E-state index in [1.54, 1.807) is 30.5 Å². The van der Waals surface area contributed by atoms with Crippen LogP contribution in [0.15, 0.2) is 151 Å². The molecule has 59 heavy (non-hydrogen) atoms. The van der Waals surface area contributed by atoms with Gasteiger partial charge in [-0.15, -0.1) is 0 Å². The lowest BCUT2D eigenvalue weighted by Gasteiger charge is -2.38. The Labute approximate surface area is 344 Å². The second-order valence-electron chi connectivity index (χ2n) is 15.3. The van der Waals surface area contributed by atoms with E-state index in [1.807, 2.05) is 104 Å². The van der Waals surface area contributed by atoms with Gasteiger partial charge >= 0.3 is 5.97 Å². The minimum atomic E-state index is -0.756. The van der Waals surface area contributed by atoms with Crippen LogP contribution in [-0.2, 0) is 34.3 Å². The van der Waals surface area contributed by atoms with Gasteiger partial charge in [-0.1, -0.05) is 91.0 Å². The van der Waals surface area contributed by atoms with E-state index in [1.165, 1.54) is 7.11 Å². The molecule has 8 heteroatoms. The van der Waals surface area contributed by atoms with Gasteiger partial charge in [0.2, 0.25) is 0 Å². The van der Waals surface area contributed by atoms with E-state index < -0.39 is 11.3 Å². The highest BCUT2D eigenvalue weighted by Crippen LogP contribution is 2.49. The van der Waals surface area contributed by atoms with Crippen LogP contribution in [0.5, 0.6) is 0 Å². The van der Waals surface area contributed by atoms with E-state index in [0.717, 1.165) is 74.3 Å². The fourth-order valence-corrected chi connectivity index (χ4v) is 8.66. The maximum absolute atomic E-state index is 14.4. The summed E-state index contributed by atoms with van der Waals surface area (Å²) in [6, 6.07) is 42.9. The SMILES string of the molecule is C1=CNc2ccccc2N=C1.COC(=O)C1(C)CCCc2c1ccc1c2C(C(=O)c2ccc(NC(=O)c3ccccc3-c3ccc(CN)cc3)cc2)Cc2ccccc2-1. The van der Waals surface area contributed by atoms with Crippen LogP contribution in [0.3, 0.4) is 0 Å². The highest BCUT2D eigenvalue weighted by atomic mass is 16.5. The Balaban J connectivity index is 0.000000378. The predicted octanol–water partition coefficient (Wildman–Crippen LogP) is 10.3. The highest BCUT2D eigenvalue weighted by molar-refractivity contribution is 6.09. The second-order valence-corrected chi connectivity index (χ2v) is 15.3. The van der Waals surface area contributed by atoms with Gasteiger partial charge in [0.15, 0.2) is 5.78 Å². The van der Waals surface area contributed by atoms with Crippen molar-refractivity contribution in [3.05, 3.63) is 185 Å². The van der Waals surface area contributed by atoms with Crippen LogP contribution < -0.4 is 16.4 Å². The number of ketones is 1. The van der Waals surface area contributed by atoms with Gasteiger partial charge in [-0.25, -0.2) is 0 Å². The monoisotopic (exact) mass is 778 g/mol. The first-order chi connectivity index (χ1) is 28.8. The number of anilines is 2. The largest absolute Gasteiger partial charge is 0.468 e. The summed E-state index contributed by atoms with van der Waals surface area (Å²) in [6.07, 6.45) is 8.46. The molecule has 1 heterocycles. The Morgan fingerprint density at radius 1 is 0.831 bits per heavy atom. The van der Waals surface area contributed by atoms with Gasteiger partial charge < -0.3 is 21.1 Å². The lowest BCUT2D eigenvalue weighted by molar-refractivity contribution is -0.147. The molecule has 6 aromatic carbocycles. The number of amides is 1. The van der Waals surface area contributed by atoms with Gasteiger partial charge in [0.05, 0.1) is 29.8 Å². The van der Waals surface area contributed by atoms with Crippen molar-refractivity contribution in [1.29, 1.82) is 0 Å². The molecule has 0 saturated heterocycles. The molecule has 0 fully saturated rings. The quantitative estimate of drug-likeness (QED) is 0.110. The third-order valence-electron chi connectivity index (χ3n) is 11.7. The number of nitrogens with two attached hydrogens (primary N) is 1. The molecule has 6 aromatic rings. The minimum Gasteiger partial charge on any atom is -0.468 e. The number of allylic oxidation sites excluding steroid dienone is 1. The standard InChI is InChI=1S/C42H38N2O4.C9H8N2/c1-42(41(47)48-2)23-7-12-35-37(42)22-21-33-32-10-4-3-8-29(32)24-36(38(33)35)39(45)28-17-19-30(20-18-28)44-40(46)34-11-6-5-9-31(34)27-15-13-26(25-43)14-16-27;1-2-5-9-8(4-1)10-6-3-7-11-9/h3-6,8-11,13-22,36H,7,12,23-25,43H2,1-2H3,(H,44,46);1-7,10H. The van der Waals surface area contributed by atoms with Gasteiger partial charge in [0.1, 0.15) is 0 Å². The van der Waals surface area contributed by atoms with Gasteiger partial charge in [0, 0.05) is 35.8 Å². The molecule has 0 saturated carbocycles. The van der Waals surface area contributed by atoms with Crippen molar-refractivity contribution in [3.63, 3.8) is 0 Å². The molecule has 1 amide bonds. The first kappa shape index (κ1) is 38.9. The second kappa shape index (κ2) is 16.9. The van der Waals surface area contributed by atoms with E-state index in [0.29, 0.717) is 36.2 Å². The molecule has 0 radical (unpaired) electrons. The average Bonchev–Trinajstić information content (AvgIpc) is 3.54. The lowest BCUT2D eigenvalue weighted by atomic mass is 9.65. The zero-order valence-electron chi connectivity index (χ0n) is 33.2. The molecule has 8 nitrogen and oxygen atoms in total. The minimum absolute atomic E-state index is 0.0219. The van der Waals surface area contributed by atoms with Crippen LogP contribution >= 0.6 is 0 Å². The van der Waals surface area contributed by atoms with Gasteiger partial charge in [0.25, 0.3) is 5.91 Å². The first-order valence-electron chi connectivity index (χ1n) is 20.0. The molecule has 2 unspecified atom stereocenters. The molecular formula is C51H46N4O4. The fraction of sp³-hybridized carbons (Fsp3) is 0.176. The number of para-hydroxylation sites is 2. The predicted molar refractivity (Wildman–Crippen MR) is 236 cm³/mol. The molecule has 3 aliphatic rings. The number of benzene rings is 6. The smallest absolute Gasteiger partial charge is 0.316 e. The summed E-state index contributed by atoms with van der Waals surface area (Å²) in [7, 11) is 1.44. The number of Topliss-reactive ketones (excluding diaryl/α,β-unsaturated/α-hetero) is 1. The molecule has 4 N–H and O–H groups in total. The third kappa shape index (κ3) is 7.75. The molecule has 294 valence electrons. The Kier molecular flexibility index (Phi) is 11.2. The van der Waals surface area contributed by atoms with E-state index in [4.69, 9.17) is 10.5 Å². The molecular weight excluding hydrogens is 733 g/mol. The summed E-state index contributed by atoms with van der Waals surface area (Å²) in [5, 5.41) is 6.14. The first-order valence-corrected chi connectivity index (χ1v) is 20.0. The van der Waals surface area contributed by atoms with Crippen molar-refractivity contribution < 1.29 is 19.1 Å². The summed E-state index contributed by atoms with van der Waals surface area (Å²) >= 11 is 0. The van der Waals surface area contributed by atoms with E-state index in [2.05, 4.69) is 39.9 Å². The van der Waals surface area contributed by atoms with Crippen molar-refractivity contribution in [3.8, 4) is 22.3 Å². The van der Waals surface area contributed by atoms with Crippen LogP contribution in [0, 0.1) is 0 Å². The van der Waals surface area contributed by atoms with Crippen LogP contribution in [0.4, 0.5) is 17.1 Å². The molecule has 0 spiro atoms. The van der Waals surface area contributed by atoms with Gasteiger partial charge in [-0.05, 0) is 131 Å². The van der Waals surface area contributed by atoms with Crippen LogP contribution in [0.1, 0.15) is 74.2 Å². The third-order valence-corrected chi connectivity index (χ3v) is 11.7. The summed E-state index contributed by atoms with van der Waals surface area (Å²) < 4.78 is 5.26. The summed E-state index contributed by atoms with van der Waals surface area (Å²) in [4.78, 5) is 45.2. The van der Waals surface area contributed by atoms with Gasteiger partial charge in [-0.2, -0.15) is 0 Å². The van der Waals surface area contributed by atoms with Crippen molar-refractivity contribution in [2.75, 3.05) is 17.7 Å². The number of hydrogen-bond acceptors (Lipinski definition) is 7. The molecule has 9 rings (SSSR count). The fourth-order valence-electron chi connectivity index (χ4n) is 8.66. The number of methoxy groups -OCH3 is 1. The normalized spacial score (nSPS) is 17.0. The Morgan fingerprint density at radius 3 is 2.34 bits per heavy atom. The molecule has 1 aliphatic heterocycles. The molecule has 0 bridgehead atoms. The number of aliphatic imine (C=N–C) groups is 1. The zero-order valence-corrected chi connectivity index (χ0v) is 33.2. The number of esters is 1. The van der Waals surface area contributed by atoms with E-state index in [-0.39, 0.29) is 17.7 Å². The number of ether oxygens (including phenoxy) is 1. The van der Waals surface area contributed by atoms with Crippen LogP contribution in [0.25, 0.3) is 22.3 Å². The van der Waals surface area contributed by atoms with Crippen LogP contribution in [-0.4, -0.2) is 31.0 Å². The van der Waals surface area contributed by atoms with E-state index >= 15 is 0 Å². The summed E-state index contributed by atoms with van der Waals surface area (Å²) in [5.41, 5.74) is 18.0. The Morgan fingerprint density at radius 2 is 1.56 bits per heavy atom. The number of nitrogens with one attached hydrogen (secondary N) is 2. The maximum atomic E-state index is 14.4. The molecule has 0 aromatic heterocycles. The van der Waals surface area contributed by atoms with Crippen molar-refractivity contribution in [1.82, 2.24) is 0 Å².